The Morgan fingerprint density at radius 2 is 1.75 bits per heavy atom. The zero-order chi connectivity index (χ0) is 11.4. The normalized spacial score (nSPS) is 24.2. The van der Waals surface area contributed by atoms with Crippen LogP contribution in [0.5, 0.6) is 0 Å². The number of hydrogen-bond acceptors (Lipinski definition) is 1. The summed E-state index contributed by atoms with van der Waals surface area (Å²) in [6.45, 7) is 1.97. The van der Waals surface area contributed by atoms with Crippen LogP contribution in [0.1, 0.15) is 12.5 Å². The number of nitrogens with one attached hydrogen (secondary N) is 1. The number of hydrogen-bond donors (Lipinski definition) is 1. The largest absolute Gasteiger partial charge is 0.322 e. The molecule has 0 fully saturated rings. The van der Waals surface area contributed by atoms with Crippen LogP contribution in [-0.2, 0) is 4.79 Å². The Morgan fingerprint density at radius 1 is 1.00 bits per heavy atom. The number of carbonyl (C=O) groups excluding carboxylic acids is 1. The van der Waals surface area contributed by atoms with Crippen molar-refractivity contribution in [3.63, 3.8) is 0 Å². The Balaban J connectivity index is 2.38. The van der Waals surface area contributed by atoms with Crippen LogP contribution in [0.3, 0.4) is 0 Å². The van der Waals surface area contributed by atoms with Crippen molar-refractivity contribution < 1.29 is 4.79 Å². The number of allylic oxidation sites excluding steroid dienone is 4. The molecule has 0 saturated carbocycles. The number of rotatable bonds is 1. The maximum absolute atomic E-state index is 11.5. The molecular weight excluding hydrogens is 198 g/mol. The van der Waals surface area contributed by atoms with Gasteiger partial charge in [0, 0.05) is 11.8 Å². The molecule has 2 rings (SSSR count). The molecule has 1 N–H and O–H groups in total. The van der Waals surface area contributed by atoms with E-state index in [-0.39, 0.29) is 5.91 Å². The SMILES string of the molecule is CC1=C/C=C(/c2ccccc2)NC(=O)/C=C\1. The Bertz CT molecular complexity index is 481. The maximum Gasteiger partial charge on any atom is 0.248 e. The van der Waals surface area contributed by atoms with Crippen molar-refractivity contribution in [2.45, 2.75) is 6.92 Å². The van der Waals surface area contributed by atoms with E-state index in [1.165, 1.54) is 0 Å². The molecule has 1 aliphatic heterocycles. The molecule has 0 bridgehead atoms. The van der Waals surface area contributed by atoms with E-state index in [0.29, 0.717) is 0 Å². The van der Waals surface area contributed by atoms with E-state index in [9.17, 15) is 4.79 Å². The Kier molecular flexibility index (Phi) is 3.01. The molecule has 16 heavy (non-hydrogen) atoms. The van der Waals surface area contributed by atoms with Crippen LogP contribution in [0, 0.1) is 0 Å². The van der Waals surface area contributed by atoms with Gasteiger partial charge in [0.05, 0.1) is 0 Å². The Hall–Kier alpha value is -2.09. The van der Waals surface area contributed by atoms with Gasteiger partial charge in [-0.1, -0.05) is 48.1 Å². The molecule has 1 aromatic carbocycles. The van der Waals surface area contributed by atoms with E-state index in [0.717, 1.165) is 16.8 Å². The molecule has 1 aliphatic rings. The predicted molar refractivity (Wildman–Crippen MR) is 65.5 cm³/mol. The highest BCUT2D eigenvalue weighted by Crippen LogP contribution is 2.13. The smallest absolute Gasteiger partial charge is 0.248 e. The van der Waals surface area contributed by atoms with Gasteiger partial charge in [-0.25, -0.2) is 0 Å². The highest BCUT2D eigenvalue weighted by Gasteiger charge is 2.04. The summed E-state index contributed by atoms with van der Waals surface area (Å²) in [5, 5.41) is 2.85. The molecule has 0 unspecified atom stereocenters. The van der Waals surface area contributed by atoms with Crippen molar-refractivity contribution in [3.8, 4) is 0 Å². The molecular formula is C14H13NO. The van der Waals surface area contributed by atoms with Gasteiger partial charge in [0.25, 0.3) is 0 Å². The summed E-state index contributed by atoms with van der Waals surface area (Å²) in [5.41, 5.74) is 2.90. The molecule has 0 saturated heterocycles. The first-order valence-corrected chi connectivity index (χ1v) is 5.19. The van der Waals surface area contributed by atoms with E-state index in [1.807, 2.05) is 49.4 Å². The van der Waals surface area contributed by atoms with Gasteiger partial charge < -0.3 is 5.32 Å². The van der Waals surface area contributed by atoms with E-state index in [2.05, 4.69) is 5.32 Å². The number of amides is 1. The Labute approximate surface area is 95.0 Å². The molecule has 1 heterocycles. The van der Waals surface area contributed by atoms with Crippen LogP contribution in [0.2, 0.25) is 0 Å². The molecule has 2 nitrogen and oxygen atoms in total. The number of carbonyl (C=O) groups is 1. The first kappa shape index (κ1) is 10.4. The molecule has 0 aromatic heterocycles. The van der Waals surface area contributed by atoms with Gasteiger partial charge in [-0.05, 0) is 18.6 Å². The third-order valence-corrected chi connectivity index (χ3v) is 2.35. The highest BCUT2D eigenvalue weighted by atomic mass is 16.1. The summed E-state index contributed by atoms with van der Waals surface area (Å²) in [6, 6.07) is 9.80. The molecule has 1 aromatic rings. The van der Waals surface area contributed by atoms with Gasteiger partial charge in [-0.2, -0.15) is 0 Å². The summed E-state index contributed by atoms with van der Waals surface area (Å²) in [4.78, 5) is 11.5. The third-order valence-electron chi connectivity index (χ3n) is 2.35. The minimum Gasteiger partial charge on any atom is -0.322 e. The van der Waals surface area contributed by atoms with Gasteiger partial charge in [0.1, 0.15) is 0 Å². The van der Waals surface area contributed by atoms with Crippen LogP contribution in [0.4, 0.5) is 0 Å². The second kappa shape index (κ2) is 4.62. The summed E-state index contributed by atoms with van der Waals surface area (Å²) >= 11 is 0. The second-order valence-electron chi connectivity index (χ2n) is 3.68. The maximum atomic E-state index is 11.5. The van der Waals surface area contributed by atoms with E-state index >= 15 is 0 Å². The van der Waals surface area contributed by atoms with Crippen LogP contribution in [0.15, 0.2) is 60.2 Å². The average molecular weight is 211 g/mol. The fraction of sp³-hybridized carbons (Fsp3) is 0.0714. The number of benzene rings is 1. The van der Waals surface area contributed by atoms with Crippen LogP contribution >= 0.6 is 0 Å². The predicted octanol–water partition coefficient (Wildman–Crippen LogP) is 2.66. The summed E-state index contributed by atoms with van der Waals surface area (Å²) in [6.07, 6.45) is 7.25. The van der Waals surface area contributed by atoms with Gasteiger partial charge >= 0.3 is 0 Å². The lowest BCUT2D eigenvalue weighted by Crippen LogP contribution is -2.19. The topological polar surface area (TPSA) is 29.1 Å². The minimum atomic E-state index is -0.0949. The molecule has 0 atom stereocenters. The van der Waals surface area contributed by atoms with Crippen LogP contribution in [0.25, 0.3) is 5.70 Å². The fourth-order valence-corrected chi connectivity index (χ4v) is 1.48. The zero-order valence-electron chi connectivity index (χ0n) is 9.10. The van der Waals surface area contributed by atoms with Crippen LogP contribution in [-0.4, -0.2) is 5.91 Å². The highest BCUT2D eigenvalue weighted by molar-refractivity contribution is 5.95. The minimum absolute atomic E-state index is 0.0949. The van der Waals surface area contributed by atoms with Gasteiger partial charge in [0.15, 0.2) is 0 Å². The van der Waals surface area contributed by atoms with Crippen molar-refractivity contribution in [1.29, 1.82) is 0 Å². The molecule has 0 aliphatic carbocycles. The van der Waals surface area contributed by atoms with E-state index in [1.54, 1.807) is 12.2 Å². The lowest BCUT2D eigenvalue weighted by Gasteiger charge is -2.09. The molecule has 80 valence electrons. The first-order valence-electron chi connectivity index (χ1n) is 5.19. The molecule has 1 amide bonds. The van der Waals surface area contributed by atoms with Crippen molar-refractivity contribution in [1.82, 2.24) is 5.32 Å². The van der Waals surface area contributed by atoms with Crippen molar-refractivity contribution in [2.75, 3.05) is 0 Å². The van der Waals surface area contributed by atoms with Gasteiger partial charge in [0.2, 0.25) is 5.91 Å². The molecule has 0 spiro atoms. The third kappa shape index (κ3) is 2.48. The van der Waals surface area contributed by atoms with Crippen LogP contribution < -0.4 is 5.32 Å². The van der Waals surface area contributed by atoms with Gasteiger partial charge in [-0.15, -0.1) is 0 Å². The standard InChI is InChI=1S/C14H13NO/c1-11-7-9-13(15-14(16)10-8-11)12-5-3-2-4-6-12/h2-10H,1H3,(H,15,16). The first-order chi connectivity index (χ1) is 7.75. The van der Waals surface area contributed by atoms with Gasteiger partial charge in [-0.3, -0.25) is 4.79 Å². The van der Waals surface area contributed by atoms with E-state index < -0.39 is 0 Å². The van der Waals surface area contributed by atoms with E-state index in [4.69, 9.17) is 0 Å². The summed E-state index contributed by atoms with van der Waals surface area (Å²) < 4.78 is 0. The Morgan fingerprint density at radius 3 is 2.50 bits per heavy atom. The second-order valence-corrected chi connectivity index (χ2v) is 3.68. The monoisotopic (exact) mass is 211 g/mol. The van der Waals surface area contributed by atoms with Crippen molar-refractivity contribution in [2.24, 2.45) is 0 Å². The molecule has 0 radical (unpaired) electrons. The summed E-state index contributed by atoms with van der Waals surface area (Å²) in [7, 11) is 0. The molecule has 2 heteroatoms. The quantitative estimate of drug-likeness (QED) is 0.760. The lowest BCUT2D eigenvalue weighted by molar-refractivity contribution is -0.115. The zero-order valence-corrected chi connectivity index (χ0v) is 9.10. The van der Waals surface area contributed by atoms with Crippen molar-refractivity contribution in [3.05, 3.63) is 65.8 Å². The van der Waals surface area contributed by atoms with Crippen molar-refractivity contribution >= 4 is 11.6 Å². The lowest BCUT2D eigenvalue weighted by atomic mass is 10.1. The average Bonchev–Trinajstić information content (AvgIpc) is 2.31. The summed E-state index contributed by atoms with van der Waals surface area (Å²) in [5.74, 6) is -0.0949. The fourth-order valence-electron chi connectivity index (χ4n) is 1.48.